The average molecular weight is 434 g/mol. The molecule has 1 unspecified atom stereocenters. The summed E-state index contributed by atoms with van der Waals surface area (Å²) in [5.41, 5.74) is 0.880. The number of aliphatic imine (C=N–C) groups is 1. The normalized spacial score (nSPS) is 19.3. The van der Waals surface area contributed by atoms with Crippen LogP contribution >= 0.6 is 0 Å². The van der Waals surface area contributed by atoms with Crippen LogP contribution in [0.15, 0.2) is 23.2 Å². The van der Waals surface area contributed by atoms with Crippen molar-refractivity contribution in [1.82, 2.24) is 20.4 Å². The van der Waals surface area contributed by atoms with E-state index in [1.807, 2.05) is 13.0 Å². The van der Waals surface area contributed by atoms with E-state index in [2.05, 4.69) is 32.3 Å². The Balaban J connectivity index is 1.34. The van der Waals surface area contributed by atoms with Gasteiger partial charge in [0.1, 0.15) is 0 Å². The zero-order valence-corrected chi connectivity index (χ0v) is 19.5. The molecule has 1 aliphatic heterocycles. The lowest BCUT2D eigenvalue weighted by Crippen LogP contribution is -2.46. The van der Waals surface area contributed by atoms with Gasteiger partial charge in [-0.25, -0.2) is 4.39 Å². The van der Waals surface area contributed by atoms with Gasteiger partial charge >= 0.3 is 0 Å². The van der Waals surface area contributed by atoms with Crippen molar-refractivity contribution in [3.8, 4) is 5.75 Å². The van der Waals surface area contributed by atoms with E-state index in [-0.39, 0.29) is 11.9 Å². The SMILES string of the molecule is CCN1CCN(CCCCNC(=NC)NC(C)c2ccc(OCC3CC3)c(F)c2)CC1. The highest BCUT2D eigenvalue weighted by Gasteiger charge is 2.22. The Morgan fingerprint density at radius 1 is 1.19 bits per heavy atom. The molecule has 1 saturated heterocycles. The Bertz CT molecular complexity index is 701. The molecule has 2 aliphatic rings. The van der Waals surface area contributed by atoms with Gasteiger partial charge in [0.25, 0.3) is 0 Å². The summed E-state index contributed by atoms with van der Waals surface area (Å²) >= 11 is 0. The highest BCUT2D eigenvalue weighted by Crippen LogP contribution is 2.30. The number of nitrogens with zero attached hydrogens (tertiary/aromatic N) is 3. The summed E-state index contributed by atoms with van der Waals surface area (Å²) in [4.78, 5) is 9.39. The monoisotopic (exact) mass is 433 g/mol. The summed E-state index contributed by atoms with van der Waals surface area (Å²) in [7, 11) is 1.77. The third kappa shape index (κ3) is 7.96. The number of likely N-dealkylation sites (N-methyl/N-ethyl adjacent to an activating group) is 1. The van der Waals surface area contributed by atoms with Crippen molar-refractivity contribution < 1.29 is 9.13 Å². The first-order valence-corrected chi connectivity index (χ1v) is 11.9. The van der Waals surface area contributed by atoms with Crippen LogP contribution in [0, 0.1) is 11.7 Å². The number of benzene rings is 1. The van der Waals surface area contributed by atoms with Crippen molar-refractivity contribution in [1.29, 1.82) is 0 Å². The molecular weight excluding hydrogens is 393 g/mol. The van der Waals surface area contributed by atoms with Crippen molar-refractivity contribution >= 4 is 5.96 Å². The minimum absolute atomic E-state index is 0.0481. The molecule has 1 aromatic carbocycles. The van der Waals surface area contributed by atoms with Crippen molar-refractivity contribution in [3.63, 3.8) is 0 Å². The molecule has 1 aliphatic carbocycles. The molecule has 1 atom stereocenters. The van der Waals surface area contributed by atoms with Crippen molar-refractivity contribution in [3.05, 3.63) is 29.6 Å². The molecule has 0 aromatic heterocycles. The Hall–Kier alpha value is -1.86. The van der Waals surface area contributed by atoms with Crippen LogP contribution in [0.5, 0.6) is 5.75 Å². The third-order valence-corrected chi connectivity index (χ3v) is 6.31. The van der Waals surface area contributed by atoms with E-state index < -0.39 is 0 Å². The van der Waals surface area contributed by atoms with Gasteiger partial charge in [0.15, 0.2) is 17.5 Å². The van der Waals surface area contributed by atoms with Gasteiger partial charge in [-0.3, -0.25) is 4.99 Å². The van der Waals surface area contributed by atoms with Crippen LogP contribution in [0.1, 0.15) is 51.1 Å². The maximum absolute atomic E-state index is 14.4. The maximum atomic E-state index is 14.4. The number of unbranched alkanes of at least 4 members (excludes halogenated alkanes) is 1. The third-order valence-electron chi connectivity index (χ3n) is 6.31. The highest BCUT2D eigenvalue weighted by molar-refractivity contribution is 5.80. The number of ether oxygens (including phenoxy) is 1. The molecule has 6 nitrogen and oxygen atoms in total. The summed E-state index contributed by atoms with van der Waals surface area (Å²) < 4.78 is 20.0. The molecule has 3 rings (SSSR count). The topological polar surface area (TPSA) is 52.1 Å². The van der Waals surface area contributed by atoms with Crippen LogP contribution in [-0.4, -0.2) is 75.2 Å². The van der Waals surface area contributed by atoms with E-state index in [1.165, 1.54) is 45.4 Å². The van der Waals surface area contributed by atoms with Gasteiger partial charge in [-0.15, -0.1) is 0 Å². The minimum atomic E-state index is -0.297. The molecule has 1 saturated carbocycles. The summed E-state index contributed by atoms with van der Waals surface area (Å²) in [6.07, 6.45) is 4.68. The minimum Gasteiger partial charge on any atom is -0.490 e. The fourth-order valence-corrected chi connectivity index (χ4v) is 3.88. The first kappa shape index (κ1) is 23.8. The smallest absolute Gasteiger partial charge is 0.191 e. The van der Waals surface area contributed by atoms with Gasteiger partial charge in [-0.1, -0.05) is 13.0 Å². The number of rotatable bonds is 11. The Morgan fingerprint density at radius 2 is 1.94 bits per heavy atom. The molecule has 0 amide bonds. The van der Waals surface area contributed by atoms with Crippen LogP contribution in [-0.2, 0) is 0 Å². The number of nitrogens with one attached hydrogen (secondary N) is 2. The van der Waals surface area contributed by atoms with Crippen LogP contribution < -0.4 is 15.4 Å². The quantitative estimate of drug-likeness (QED) is 0.319. The van der Waals surface area contributed by atoms with E-state index in [0.29, 0.717) is 18.3 Å². The van der Waals surface area contributed by atoms with E-state index in [1.54, 1.807) is 19.2 Å². The Morgan fingerprint density at radius 3 is 2.58 bits per heavy atom. The van der Waals surface area contributed by atoms with Gasteiger partial charge in [-0.2, -0.15) is 0 Å². The second kappa shape index (κ2) is 12.2. The predicted molar refractivity (Wildman–Crippen MR) is 125 cm³/mol. The molecule has 0 radical (unpaired) electrons. The summed E-state index contributed by atoms with van der Waals surface area (Å²) in [6.45, 7) is 12.8. The van der Waals surface area contributed by atoms with Gasteiger partial charge in [-0.05, 0) is 69.3 Å². The molecule has 2 N–H and O–H groups in total. The molecule has 31 heavy (non-hydrogen) atoms. The zero-order valence-electron chi connectivity index (χ0n) is 19.5. The summed E-state index contributed by atoms with van der Waals surface area (Å²) in [5.74, 6) is 1.41. The largest absolute Gasteiger partial charge is 0.490 e. The van der Waals surface area contributed by atoms with Crippen LogP contribution in [0.25, 0.3) is 0 Å². The summed E-state index contributed by atoms with van der Waals surface area (Å²) in [6, 6.07) is 5.18. The van der Waals surface area contributed by atoms with Crippen LogP contribution in [0.4, 0.5) is 4.39 Å². The van der Waals surface area contributed by atoms with Crippen molar-refractivity contribution in [2.45, 2.75) is 45.6 Å². The second-order valence-electron chi connectivity index (χ2n) is 8.79. The number of piperazine rings is 1. The van der Waals surface area contributed by atoms with Crippen LogP contribution in [0.3, 0.4) is 0 Å². The number of halogens is 1. The fourth-order valence-electron chi connectivity index (χ4n) is 3.88. The molecule has 0 bridgehead atoms. The number of hydrogen-bond donors (Lipinski definition) is 2. The van der Waals surface area contributed by atoms with Gasteiger partial charge in [0.2, 0.25) is 0 Å². The molecular formula is C24H40FN5O. The Labute approximate surface area is 187 Å². The molecule has 1 heterocycles. The summed E-state index contributed by atoms with van der Waals surface area (Å²) in [5, 5.41) is 6.74. The average Bonchev–Trinajstić information content (AvgIpc) is 3.62. The highest BCUT2D eigenvalue weighted by atomic mass is 19.1. The lowest BCUT2D eigenvalue weighted by Gasteiger charge is -2.34. The lowest BCUT2D eigenvalue weighted by atomic mass is 10.1. The number of guanidine groups is 1. The first-order valence-electron chi connectivity index (χ1n) is 11.9. The van der Waals surface area contributed by atoms with Crippen LogP contribution in [0.2, 0.25) is 0 Å². The van der Waals surface area contributed by atoms with E-state index in [0.717, 1.165) is 37.6 Å². The van der Waals surface area contributed by atoms with E-state index >= 15 is 0 Å². The van der Waals surface area contributed by atoms with Crippen molar-refractivity contribution in [2.75, 3.05) is 59.5 Å². The van der Waals surface area contributed by atoms with Gasteiger partial charge < -0.3 is 25.2 Å². The molecule has 174 valence electrons. The molecule has 0 spiro atoms. The second-order valence-corrected chi connectivity index (χ2v) is 8.79. The van der Waals surface area contributed by atoms with E-state index in [9.17, 15) is 4.39 Å². The molecule has 1 aromatic rings. The van der Waals surface area contributed by atoms with Gasteiger partial charge in [0, 0.05) is 39.8 Å². The van der Waals surface area contributed by atoms with E-state index in [4.69, 9.17) is 4.74 Å². The van der Waals surface area contributed by atoms with Crippen molar-refractivity contribution in [2.24, 2.45) is 10.9 Å². The first-order chi connectivity index (χ1) is 15.1. The Kier molecular flexibility index (Phi) is 9.40. The standard InChI is InChI=1S/C24H40FN5O/c1-4-29-13-15-30(16-14-29)12-6-5-11-27-24(26-3)28-19(2)21-9-10-23(22(25)17-21)31-18-20-7-8-20/h9-10,17,19-20H,4-8,11-16,18H2,1-3H3,(H2,26,27,28). The molecule has 2 fully saturated rings. The van der Waals surface area contributed by atoms with Gasteiger partial charge in [0.05, 0.1) is 12.6 Å². The predicted octanol–water partition coefficient (Wildman–Crippen LogP) is 3.26. The molecule has 7 heteroatoms. The maximum Gasteiger partial charge on any atom is 0.191 e. The lowest BCUT2D eigenvalue weighted by molar-refractivity contribution is 0.136. The fraction of sp³-hybridized carbons (Fsp3) is 0.708. The zero-order chi connectivity index (χ0) is 22.1. The number of hydrogen-bond acceptors (Lipinski definition) is 4.